The molecule has 3 aromatic rings. The fourth-order valence-corrected chi connectivity index (χ4v) is 3.93. The van der Waals surface area contributed by atoms with Gasteiger partial charge in [0.05, 0.1) is 10.5 Å². The van der Waals surface area contributed by atoms with Crippen LogP contribution in [0.5, 0.6) is 11.5 Å². The van der Waals surface area contributed by atoms with Gasteiger partial charge in [-0.3, -0.25) is 10.1 Å². The molecule has 6 nitrogen and oxygen atoms in total. The van der Waals surface area contributed by atoms with Crippen molar-refractivity contribution >= 4 is 23.8 Å². The van der Waals surface area contributed by atoms with Crippen molar-refractivity contribution < 1.29 is 19.6 Å². The van der Waals surface area contributed by atoms with Gasteiger partial charge in [0.15, 0.2) is 0 Å². The summed E-state index contributed by atoms with van der Waals surface area (Å²) < 4.78 is 5.32. The van der Waals surface area contributed by atoms with Gasteiger partial charge in [-0.1, -0.05) is 35.4 Å². The van der Waals surface area contributed by atoms with Crippen LogP contribution in [-0.4, -0.2) is 16.0 Å². The van der Waals surface area contributed by atoms with Crippen LogP contribution in [0.1, 0.15) is 46.5 Å². The number of aromatic hydroxyl groups is 1. The van der Waals surface area contributed by atoms with Crippen LogP contribution < -0.4 is 4.74 Å². The molecular weight excluding hydrogens is 418 g/mol. The molecule has 33 heavy (non-hydrogen) atoms. The maximum Gasteiger partial charge on any atom is 0.343 e. The Balaban J connectivity index is 0.000000196. The summed E-state index contributed by atoms with van der Waals surface area (Å²) >= 11 is 0. The van der Waals surface area contributed by atoms with Crippen molar-refractivity contribution in [2.45, 2.75) is 26.7 Å². The molecule has 0 atom stereocenters. The highest BCUT2D eigenvalue weighted by Crippen LogP contribution is 2.29. The normalized spacial score (nSPS) is 13.2. The summed E-state index contributed by atoms with van der Waals surface area (Å²) in [5.41, 5.74) is 7.62. The number of fused-ring (bicyclic) bond motifs is 2. The van der Waals surface area contributed by atoms with Crippen molar-refractivity contribution in [2.75, 3.05) is 0 Å². The van der Waals surface area contributed by atoms with Crippen LogP contribution in [0.15, 0.2) is 71.8 Å². The summed E-state index contributed by atoms with van der Waals surface area (Å²) in [6.45, 7) is 4.17. The fraction of sp³-hybridized carbons (Fsp3) is 0.148. The van der Waals surface area contributed by atoms with Gasteiger partial charge in [-0.15, -0.1) is 0 Å². The minimum Gasteiger partial charge on any atom is -0.508 e. The molecule has 0 heterocycles. The first kappa shape index (κ1) is 22.0. The molecule has 5 rings (SSSR count). The second-order valence-corrected chi connectivity index (χ2v) is 8.27. The number of phenolic OH excluding ortho intramolecular Hbond substituents is 1. The van der Waals surface area contributed by atoms with E-state index in [2.05, 4.69) is 26.0 Å². The summed E-state index contributed by atoms with van der Waals surface area (Å²) in [5, 5.41) is 19.7. The van der Waals surface area contributed by atoms with Crippen LogP contribution >= 0.6 is 0 Å². The average Bonchev–Trinajstić information content (AvgIpc) is 3.33. The van der Waals surface area contributed by atoms with E-state index in [0.29, 0.717) is 11.5 Å². The van der Waals surface area contributed by atoms with Crippen LogP contribution in [0.4, 0.5) is 5.69 Å². The molecule has 0 fully saturated rings. The van der Waals surface area contributed by atoms with Crippen LogP contribution in [0.25, 0.3) is 12.2 Å². The van der Waals surface area contributed by atoms with E-state index in [9.17, 15) is 14.9 Å². The third kappa shape index (κ3) is 5.18. The Labute approximate surface area is 191 Å². The highest BCUT2D eigenvalue weighted by Gasteiger charge is 2.14. The van der Waals surface area contributed by atoms with E-state index in [1.54, 1.807) is 12.1 Å². The maximum atomic E-state index is 12.1. The minimum absolute atomic E-state index is 0.0605. The van der Waals surface area contributed by atoms with Crippen LogP contribution in [0, 0.1) is 10.1 Å². The molecule has 0 bridgehead atoms. The van der Waals surface area contributed by atoms with Crippen molar-refractivity contribution in [1.82, 2.24) is 0 Å². The van der Waals surface area contributed by atoms with Crippen molar-refractivity contribution in [3.8, 4) is 11.5 Å². The maximum absolute atomic E-state index is 12.1. The molecule has 0 spiro atoms. The molecule has 2 aliphatic rings. The summed E-state index contributed by atoms with van der Waals surface area (Å²) in [4.78, 5) is 22.1. The Morgan fingerprint density at radius 1 is 0.879 bits per heavy atom. The number of allylic oxidation sites excluding steroid dienone is 2. The van der Waals surface area contributed by atoms with Crippen LogP contribution in [-0.2, 0) is 12.8 Å². The van der Waals surface area contributed by atoms with Crippen molar-refractivity contribution in [3.05, 3.63) is 110 Å². The van der Waals surface area contributed by atoms with Gasteiger partial charge in [-0.2, -0.15) is 0 Å². The quantitative estimate of drug-likeness (QED) is 0.229. The van der Waals surface area contributed by atoms with Gasteiger partial charge in [0.25, 0.3) is 5.69 Å². The van der Waals surface area contributed by atoms with Gasteiger partial charge in [-0.25, -0.2) is 4.79 Å². The van der Waals surface area contributed by atoms with Crippen LogP contribution in [0.2, 0.25) is 0 Å². The number of rotatable bonds is 3. The highest BCUT2D eigenvalue weighted by molar-refractivity contribution is 5.91. The number of phenols is 1. The number of ether oxygens (including phenoxy) is 1. The van der Waals surface area contributed by atoms with Gasteiger partial charge in [0.2, 0.25) is 0 Å². The third-order valence-electron chi connectivity index (χ3n) is 5.51. The first-order valence-corrected chi connectivity index (χ1v) is 10.5. The molecule has 0 radical (unpaired) electrons. The average molecular weight is 441 g/mol. The Bertz CT molecular complexity index is 1300. The second-order valence-electron chi connectivity index (χ2n) is 8.27. The summed E-state index contributed by atoms with van der Waals surface area (Å²) in [6, 6.07) is 16.4. The number of hydrogen-bond donors (Lipinski definition) is 1. The number of nitrogens with zero attached hydrogens (tertiary/aromatic N) is 1. The lowest BCUT2D eigenvalue weighted by molar-refractivity contribution is -0.384. The molecule has 6 heteroatoms. The summed E-state index contributed by atoms with van der Waals surface area (Å²) in [5.74, 6) is 0.288. The van der Waals surface area contributed by atoms with Gasteiger partial charge < -0.3 is 9.84 Å². The summed E-state index contributed by atoms with van der Waals surface area (Å²) in [6.07, 6.45) is 6.15. The smallest absolute Gasteiger partial charge is 0.343 e. The molecule has 2 aliphatic carbocycles. The minimum atomic E-state index is -0.534. The number of esters is 1. The van der Waals surface area contributed by atoms with Gasteiger partial charge in [0.1, 0.15) is 11.5 Å². The molecule has 0 aromatic heterocycles. The molecule has 0 saturated heterocycles. The molecule has 0 amide bonds. The van der Waals surface area contributed by atoms with Gasteiger partial charge >= 0.3 is 5.97 Å². The zero-order valence-electron chi connectivity index (χ0n) is 18.4. The van der Waals surface area contributed by atoms with E-state index in [-0.39, 0.29) is 11.3 Å². The SMILES string of the molecule is CC1=Cc2cc(O)ccc2C1.CC1=Cc2cc(OC(=O)c3ccc([N+](=O)[O-])cc3)ccc2C1. The van der Waals surface area contributed by atoms with Gasteiger partial charge in [-0.05, 0) is 85.3 Å². The zero-order valence-corrected chi connectivity index (χ0v) is 18.4. The molecule has 166 valence electrons. The Kier molecular flexibility index (Phi) is 6.09. The van der Waals surface area contributed by atoms with E-state index < -0.39 is 10.9 Å². The standard InChI is InChI=1S/C17H13NO4.C10H10O/c1-11-8-13-4-7-16(10-14(13)9-11)22-17(19)12-2-5-15(6-3-12)18(20)21;1-7-4-8-2-3-10(11)6-9(8)5-7/h2-7,9-10H,8H2,1H3;2-3,5-6,11H,4H2,1H3. The molecular formula is C27H23NO5. The van der Waals surface area contributed by atoms with Crippen molar-refractivity contribution in [1.29, 1.82) is 0 Å². The van der Waals surface area contributed by atoms with E-state index in [4.69, 9.17) is 9.84 Å². The molecule has 3 aromatic carbocycles. The number of nitro benzene ring substituents is 1. The van der Waals surface area contributed by atoms with E-state index in [0.717, 1.165) is 18.4 Å². The fourth-order valence-electron chi connectivity index (χ4n) is 3.93. The Hall–Kier alpha value is -4.19. The predicted molar refractivity (Wildman–Crippen MR) is 127 cm³/mol. The first-order valence-electron chi connectivity index (χ1n) is 10.5. The molecule has 1 N–H and O–H groups in total. The predicted octanol–water partition coefficient (Wildman–Crippen LogP) is 6.13. The van der Waals surface area contributed by atoms with Crippen molar-refractivity contribution in [2.24, 2.45) is 0 Å². The largest absolute Gasteiger partial charge is 0.508 e. The van der Waals surface area contributed by atoms with Crippen LogP contribution in [0.3, 0.4) is 0 Å². The molecule has 0 aliphatic heterocycles. The summed E-state index contributed by atoms with van der Waals surface area (Å²) in [7, 11) is 0. The van der Waals surface area contributed by atoms with Crippen molar-refractivity contribution in [3.63, 3.8) is 0 Å². The van der Waals surface area contributed by atoms with E-state index >= 15 is 0 Å². The second kappa shape index (κ2) is 9.12. The Morgan fingerprint density at radius 2 is 1.45 bits per heavy atom. The topological polar surface area (TPSA) is 89.7 Å². The number of benzene rings is 3. The monoisotopic (exact) mass is 441 g/mol. The van der Waals surface area contributed by atoms with Gasteiger partial charge in [0, 0.05) is 12.1 Å². The Morgan fingerprint density at radius 3 is 2.06 bits per heavy atom. The third-order valence-corrected chi connectivity index (χ3v) is 5.51. The number of non-ortho nitro benzene ring substituents is 1. The van der Waals surface area contributed by atoms with E-state index in [1.807, 2.05) is 24.3 Å². The number of hydrogen-bond acceptors (Lipinski definition) is 5. The zero-order chi connectivity index (χ0) is 23.5. The van der Waals surface area contributed by atoms with E-state index in [1.165, 1.54) is 52.1 Å². The number of nitro groups is 1. The molecule has 0 saturated carbocycles. The first-order chi connectivity index (χ1) is 15.8. The highest BCUT2D eigenvalue weighted by atomic mass is 16.6. The lowest BCUT2D eigenvalue weighted by atomic mass is 10.1. The number of carbonyl (C=O) groups excluding carboxylic acids is 1. The molecule has 0 unspecified atom stereocenters. The lowest BCUT2D eigenvalue weighted by Gasteiger charge is -2.06. The number of carbonyl (C=O) groups is 1. The lowest BCUT2D eigenvalue weighted by Crippen LogP contribution is -2.08.